The predicted molar refractivity (Wildman–Crippen MR) is 119 cm³/mol. The van der Waals surface area contributed by atoms with E-state index in [4.69, 9.17) is 14.6 Å². The highest BCUT2D eigenvalue weighted by molar-refractivity contribution is 5.65. The van der Waals surface area contributed by atoms with E-state index in [0.29, 0.717) is 5.41 Å². The lowest BCUT2D eigenvalue weighted by Gasteiger charge is -2.52. The first-order valence-electron chi connectivity index (χ1n) is 10.1. The Hall–Kier alpha value is -1.98. The van der Waals surface area contributed by atoms with Gasteiger partial charge in [0.25, 0.3) is 0 Å². The first-order valence-corrected chi connectivity index (χ1v) is 10.1. The van der Waals surface area contributed by atoms with Crippen molar-refractivity contribution in [1.29, 1.82) is 0 Å². The molecule has 28 heavy (non-hydrogen) atoms. The fraction of sp³-hybridized carbons (Fsp3) is 0.565. The molecule has 1 aromatic rings. The van der Waals surface area contributed by atoms with Crippen LogP contribution in [-0.4, -0.2) is 49.8 Å². The Bertz CT molecular complexity index is 580. The third-order valence-corrected chi connectivity index (χ3v) is 4.67. The molecule has 1 spiro atoms. The third kappa shape index (κ3) is 7.95. The predicted octanol–water partition coefficient (Wildman–Crippen LogP) is 4.52. The number of aromatic nitrogens is 1. The Morgan fingerprint density at radius 2 is 1.75 bits per heavy atom. The summed E-state index contributed by atoms with van der Waals surface area (Å²) in [5.74, 6) is 1.11. The summed E-state index contributed by atoms with van der Waals surface area (Å²) in [6, 6.07) is 4.32. The summed E-state index contributed by atoms with van der Waals surface area (Å²) in [6.07, 6.45) is 11.4. The monoisotopic (exact) mass is 390 g/mol. The Balaban J connectivity index is 0.000000930. The summed E-state index contributed by atoms with van der Waals surface area (Å²) >= 11 is 0. The van der Waals surface area contributed by atoms with E-state index in [0.717, 1.165) is 45.5 Å². The molecule has 2 aliphatic rings. The Morgan fingerprint density at radius 3 is 2.21 bits per heavy atom. The fourth-order valence-electron chi connectivity index (χ4n) is 3.19. The molecule has 0 saturated carbocycles. The molecule has 0 amide bonds. The van der Waals surface area contributed by atoms with Gasteiger partial charge in [0.2, 0.25) is 0 Å². The number of aliphatic hydroxyl groups is 1. The molecule has 1 aromatic heterocycles. The first kappa shape index (κ1) is 26.0. The number of ether oxygens (including phenoxy) is 1. The van der Waals surface area contributed by atoms with Crippen molar-refractivity contribution in [2.75, 3.05) is 38.3 Å². The molecule has 0 radical (unpaired) electrons. The van der Waals surface area contributed by atoms with Gasteiger partial charge >= 0.3 is 0 Å². The van der Waals surface area contributed by atoms with Crippen molar-refractivity contribution in [1.82, 2.24) is 4.98 Å². The van der Waals surface area contributed by atoms with Crippen molar-refractivity contribution < 1.29 is 14.6 Å². The highest BCUT2D eigenvalue weighted by atomic mass is 16.5. The number of carbonyl (C=O) groups is 1. The van der Waals surface area contributed by atoms with E-state index in [1.807, 2.05) is 33.0 Å². The van der Waals surface area contributed by atoms with Gasteiger partial charge < -0.3 is 19.5 Å². The molecule has 3 rings (SSSR count). The van der Waals surface area contributed by atoms with Gasteiger partial charge in [-0.25, -0.2) is 4.98 Å². The van der Waals surface area contributed by atoms with Crippen LogP contribution in [0.25, 0.3) is 5.57 Å². The molecule has 2 aliphatic heterocycles. The molecule has 0 bridgehead atoms. The largest absolute Gasteiger partial charge is 0.400 e. The zero-order chi connectivity index (χ0) is 21.4. The number of hydrogen-bond acceptors (Lipinski definition) is 5. The number of nitrogens with zero attached hydrogens (tertiary/aromatic N) is 2. The maximum Gasteiger partial charge on any atom is 0.128 e. The Kier molecular flexibility index (Phi) is 13.9. The van der Waals surface area contributed by atoms with E-state index in [1.165, 1.54) is 30.9 Å². The number of allylic oxidation sites excluding steroid dienone is 4. The minimum absolute atomic E-state index is 0.500. The molecular formula is C23H38N2O3. The van der Waals surface area contributed by atoms with Gasteiger partial charge in [-0.3, -0.25) is 0 Å². The molecule has 1 N–H and O–H groups in total. The van der Waals surface area contributed by atoms with Crippen LogP contribution in [0.1, 0.15) is 53.0 Å². The van der Waals surface area contributed by atoms with Gasteiger partial charge in [0.15, 0.2) is 0 Å². The molecule has 158 valence electrons. The summed E-state index contributed by atoms with van der Waals surface area (Å²) in [4.78, 5) is 15.8. The smallest absolute Gasteiger partial charge is 0.128 e. The number of aldehydes is 1. The highest BCUT2D eigenvalue weighted by Gasteiger charge is 2.44. The normalized spacial score (nSPS) is 17.2. The van der Waals surface area contributed by atoms with Crippen LogP contribution in [0.15, 0.2) is 36.6 Å². The van der Waals surface area contributed by atoms with E-state index in [9.17, 15) is 0 Å². The van der Waals surface area contributed by atoms with Crippen LogP contribution in [0, 0.1) is 5.41 Å². The van der Waals surface area contributed by atoms with Gasteiger partial charge in [-0.1, -0.05) is 32.1 Å². The highest BCUT2D eigenvalue weighted by Crippen LogP contribution is 2.41. The minimum Gasteiger partial charge on any atom is -0.400 e. The molecule has 5 heteroatoms. The number of hydrogen-bond donors (Lipinski definition) is 1. The van der Waals surface area contributed by atoms with E-state index < -0.39 is 0 Å². The van der Waals surface area contributed by atoms with Crippen LogP contribution in [0.2, 0.25) is 0 Å². The molecule has 0 aromatic carbocycles. The Morgan fingerprint density at radius 1 is 1.18 bits per heavy atom. The lowest BCUT2D eigenvalue weighted by atomic mass is 9.73. The SMILES string of the molecule is C/C=C\C=C(/C)c1ccc(N2CC3(CCOCC3)C2)nc1.CC.CC=O.CO. The summed E-state index contributed by atoms with van der Waals surface area (Å²) in [5, 5.41) is 7.00. The van der Waals surface area contributed by atoms with Gasteiger partial charge in [0.05, 0.1) is 0 Å². The number of pyridine rings is 1. The second-order valence-corrected chi connectivity index (χ2v) is 6.48. The molecule has 2 fully saturated rings. The zero-order valence-electron chi connectivity index (χ0n) is 18.4. The standard InChI is InChI=1S/C18H24N2O.C2H4O.C2H6.CH4O/c1-3-4-5-15(2)16-6-7-17(19-12-16)20-13-18(14-20)8-10-21-11-9-18;1-2-3;2*1-2/h3-7,12H,8-11,13-14H2,1-2H3;2H,1H3;1-2H3;2H,1H3/b4-3-,15-5+;;;. The Labute approximate surface area is 171 Å². The molecule has 5 nitrogen and oxygen atoms in total. The van der Waals surface area contributed by atoms with Crippen LogP contribution < -0.4 is 4.90 Å². The van der Waals surface area contributed by atoms with Crippen LogP contribution in [0.4, 0.5) is 5.82 Å². The van der Waals surface area contributed by atoms with E-state index >= 15 is 0 Å². The van der Waals surface area contributed by atoms with Gasteiger partial charge in [0, 0.05) is 45.0 Å². The van der Waals surface area contributed by atoms with Crippen molar-refractivity contribution in [3.8, 4) is 0 Å². The summed E-state index contributed by atoms with van der Waals surface area (Å²) in [6.45, 7) is 13.7. The molecule has 2 saturated heterocycles. The fourth-order valence-corrected chi connectivity index (χ4v) is 3.19. The van der Waals surface area contributed by atoms with E-state index in [2.05, 4.69) is 41.1 Å². The van der Waals surface area contributed by atoms with Crippen molar-refractivity contribution in [3.05, 3.63) is 42.1 Å². The van der Waals surface area contributed by atoms with Gasteiger partial charge in [0.1, 0.15) is 12.1 Å². The van der Waals surface area contributed by atoms with Crippen molar-refractivity contribution >= 4 is 17.7 Å². The van der Waals surface area contributed by atoms with Gasteiger partial charge in [-0.15, -0.1) is 0 Å². The number of aliphatic hydroxyl groups excluding tert-OH is 1. The summed E-state index contributed by atoms with van der Waals surface area (Å²) < 4.78 is 5.47. The maximum absolute atomic E-state index is 8.81. The van der Waals surface area contributed by atoms with Crippen LogP contribution in [-0.2, 0) is 9.53 Å². The van der Waals surface area contributed by atoms with Crippen molar-refractivity contribution in [2.24, 2.45) is 5.41 Å². The van der Waals surface area contributed by atoms with Crippen molar-refractivity contribution in [3.63, 3.8) is 0 Å². The van der Waals surface area contributed by atoms with Crippen molar-refractivity contribution in [2.45, 2.75) is 47.5 Å². The molecule has 3 heterocycles. The number of carbonyl (C=O) groups excluding carboxylic acids is 1. The average Bonchev–Trinajstić information content (AvgIpc) is 2.74. The second-order valence-electron chi connectivity index (χ2n) is 6.48. The lowest BCUT2D eigenvalue weighted by molar-refractivity contribution is -0.106. The quantitative estimate of drug-likeness (QED) is 0.607. The summed E-state index contributed by atoms with van der Waals surface area (Å²) in [7, 11) is 1.00. The van der Waals surface area contributed by atoms with E-state index in [1.54, 1.807) is 0 Å². The van der Waals surface area contributed by atoms with Crippen LogP contribution >= 0.6 is 0 Å². The van der Waals surface area contributed by atoms with Gasteiger partial charge in [-0.2, -0.15) is 0 Å². The second kappa shape index (κ2) is 15.0. The first-order chi connectivity index (χ1) is 13.6. The molecular weight excluding hydrogens is 352 g/mol. The summed E-state index contributed by atoms with van der Waals surface area (Å²) in [5.41, 5.74) is 2.94. The lowest BCUT2D eigenvalue weighted by Crippen LogP contribution is -2.58. The zero-order valence-corrected chi connectivity index (χ0v) is 18.4. The van der Waals surface area contributed by atoms with Crippen LogP contribution in [0.3, 0.4) is 0 Å². The number of rotatable bonds is 3. The third-order valence-electron chi connectivity index (χ3n) is 4.67. The van der Waals surface area contributed by atoms with E-state index in [-0.39, 0.29) is 0 Å². The minimum atomic E-state index is 0.500. The molecule has 0 aliphatic carbocycles. The molecule has 0 unspecified atom stereocenters. The topological polar surface area (TPSA) is 62.7 Å². The maximum atomic E-state index is 8.81. The molecule has 0 atom stereocenters. The van der Waals surface area contributed by atoms with Crippen LogP contribution in [0.5, 0.6) is 0 Å². The van der Waals surface area contributed by atoms with Gasteiger partial charge in [-0.05, 0) is 56.9 Å². The number of anilines is 1. The average molecular weight is 391 g/mol.